The summed E-state index contributed by atoms with van der Waals surface area (Å²) in [6.07, 6.45) is 1.33. The van der Waals surface area contributed by atoms with Crippen LogP contribution in [0.5, 0.6) is 11.5 Å². The van der Waals surface area contributed by atoms with E-state index < -0.39 is 0 Å². The van der Waals surface area contributed by atoms with Gasteiger partial charge in [0.1, 0.15) is 17.8 Å². The van der Waals surface area contributed by atoms with Crippen molar-refractivity contribution in [2.75, 3.05) is 27.3 Å². The number of hydrogen-bond donors (Lipinski definition) is 1. The van der Waals surface area contributed by atoms with Crippen LogP contribution >= 0.6 is 0 Å². The van der Waals surface area contributed by atoms with E-state index in [-0.39, 0.29) is 29.0 Å². The monoisotopic (exact) mass is 372 g/mol. The molecule has 0 spiro atoms. The largest absolute Gasteiger partial charge is 0.497 e. The normalized spacial score (nSPS) is 19.7. The Morgan fingerprint density at radius 2 is 1.96 bits per heavy atom. The van der Waals surface area contributed by atoms with Gasteiger partial charge in [-0.2, -0.15) is 0 Å². The van der Waals surface area contributed by atoms with Crippen molar-refractivity contribution in [3.63, 3.8) is 0 Å². The first-order valence-electron chi connectivity index (χ1n) is 8.79. The number of amides is 1. The van der Waals surface area contributed by atoms with E-state index in [4.69, 9.17) is 13.9 Å². The summed E-state index contributed by atoms with van der Waals surface area (Å²) in [4.78, 5) is 25.7. The van der Waals surface area contributed by atoms with Gasteiger partial charge in [0, 0.05) is 38.0 Å². The topological polar surface area (TPSA) is 81.0 Å². The van der Waals surface area contributed by atoms with E-state index in [2.05, 4.69) is 10.2 Å². The molecule has 2 heterocycles. The predicted molar refractivity (Wildman–Crippen MR) is 100 cm³/mol. The van der Waals surface area contributed by atoms with E-state index in [1.165, 1.54) is 26.4 Å². The summed E-state index contributed by atoms with van der Waals surface area (Å²) < 4.78 is 15.7. The van der Waals surface area contributed by atoms with Crippen LogP contribution in [0, 0.1) is 0 Å². The van der Waals surface area contributed by atoms with Crippen molar-refractivity contribution >= 4 is 5.91 Å². The number of carbonyl (C=O) groups excluding carboxylic acids is 1. The molecule has 1 aliphatic heterocycles. The average Bonchev–Trinajstić information content (AvgIpc) is 3.03. The van der Waals surface area contributed by atoms with Crippen LogP contribution in [0.25, 0.3) is 0 Å². The van der Waals surface area contributed by atoms with E-state index in [0.29, 0.717) is 18.8 Å². The second kappa shape index (κ2) is 8.26. The van der Waals surface area contributed by atoms with Crippen LogP contribution in [-0.4, -0.2) is 44.2 Å². The molecule has 1 aliphatic rings. The smallest absolute Gasteiger partial charge is 0.227 e. The number of benzene rings is 1. The van der Waals surface area contributed by atoms with Crippen molar-refractivity contribution in [3.05, 3.63) is 58.1 Å². The van der Waals surface area contributed by atoms with E-state index in [0.717, 1.165) is 17.9 Å². The third kappa shape index (κ3) is 4.49. The van der Waals surface area contributed by atoms with Crippen LogP contribution in [0.1, 0.15) is 24.2 Å². The highest BCUT2D eigenvalue weighted by Crippen LogP contribution is 2.30. The van der Waals surface area contributed by atoms with Gasteiger partial charge >= 0.3 is 0 Å². The third-order valence-electron chi connectivity index (χ3n) is 4.78. The van der Waals surface area contributed by atoms with Gasteiger partial charge in [0.15, 0.2) is 0 Å². The van der Waals surface area contributed by atoms with E-state index >= 15 is 0 Å². The average molecular weight is 372 g/mol. The Balaban J connectivity index is 1.76. The Morgan fingerprint density at radius 1 is 1.22 bits per heavy atom. The molecule has 1 saturated heterocycles. The fourth-order valence-corrected chi connectivity index (χ4v) is 3.50. The highest BCUT2D eigenvalue weighted by atomic mass is 16.5. The molecule has 144 valence electrons. The number of rotatable bonds is 6. The second-order valence-electron chi connectivity index (χ2n) is 6.66. The molecule has 0 saturated carbocycles. The highest BCUT2D eigenvalue weighted by Gasteiger charge is 2.34. The summed E-state index contributed by atoms with van der Waals surface area (Å²) in [5, 5.41) is 3.04. The summed E-state index contributed by atoms with van der Waals surface area (Å²) in [6.45, 7) is 3.43. The molecule has 0 unspecified atom stereocenters. The molecule has 27 heavy (non-hydrogen) atoms. The second-order valence-corrected chi connectivity index (χ2v) is 6.66. The Bertz CT molecular complexity index is 846. The molecule has 0 bridgehead atoms. The maximum atomic E-state index is 11.9. The van der Waals surface area contributed by atoms with Crippen molar-refractivity contribution < 1.29 is 18.7 Å². The lowest BCUT2D eigenvalue weighted by Gasteiger charge is -2.19. The van der Waals surface area contributed by atoms with Crippen LogP contribution in [-0.2, 0) is 11.3 Å². The third-order valence-corrected chi connectivity index (χ3v) is 4.78. The molecule has 0 aliphatic carbocycles. The van der Waals surface area contributed by atoms with Crippen molar-refractivity contribution in [1.82, 2.24) is 10.2 Å². The standard InChI is InChI=1S/C20H24N2O5/c1-13(23)21-18-11-22(9-16-8-19(24)20(26-3)12-27-16)10-17(18)14-4-6-15(25-2)7-5-14/h4-8,12,17-18H,9-11H2,1-3H3,(H,21,23)/t17-,18+/m0/s1. The number of likely N-dealkylation sites (tertiary alicyclic amines) is 1. The first-order valence-corrected chi connectivity index (χ1v) is 8.79. The molecule has 2 atom stereocenters. The lowest BCUT2D eigenvalue weighted by Crippen LogP contribution is -2.38. The summed E-state index contributed by atoms with van der Waals surface area (Å²) >= 11 is 0. The van der Waals surface area contributed by atoms with Crippen LogP contribution in [0.2, 0.25) is 0 Å². The Labute approximate surface area is 157 Å². The molecule has 1 amide bonds. The zero-order chi connectivity index (χ0) is 19.4. The minimum Gasteiger partial charge on any atom is -0.497 e. The molecule has 7 heteroatoms. The number of nitrogens with one attached hydrogen (secondary N) is 1. The van der Waals surface area contributed by atoms with Crippen LogP contribution < -0.4 is 20.2 Å². The molecular formula is C20H24N2O5. The minimum absolute atomic E-state index is 0.0131. The van der Waals surface area contributed by atoms with Crippen molar-refractivity contribution in [2.24, 2.45) is 0 Å². The maximum Gasteiger partial charge on any atom is 0.227 e. The van der Waals surface area contributed by atoms with Crippen molar-refractivity contribution in [3.8, 4) is 11.5 Å². The fraction of sp³-hybridized carbons (Fsp3) is 0.400. The van der Waals surface area contributed by atoms with E-state index in [9.17, 15) is 9.59 Å². The van der Waals surface area contributed by atoms with Crippen LogP contribution in [0.4, 0.5) is 0 Å². The van der Waals surface area contributed by atoms with Gasteiger partial charge < -0.3 is 19.2 Å². The molecule has 1 fully saturated rings. The zero-order valence-electron chi connectivity index (χ0n) is 15.7. The van der Waals surface area contributed by atoms with Gasteiger partial charge in [0.25, 0.3) is 0 Å². The molecular weight excluding hydrogens is 348 g/mol. The molecule has 1 N–H and O–H groups in total. The Kier molecular flexibility index (Phi) is 5.81. The zero-order valence-corrected chi connectivity index (χ0v) is 15.7. The summed E-state index contributed by atoms with van der Waals surface area (Å²) in [7, 11) is 3.07. The van der Waals surface area contributed by atoms with Crippen molar-refractivity contribution in [2.45, 2.75) is 25.4 Å². The van der Waals surface area contributed by atoms with Gasteiger partial charge in [-0.3, -0.25) is 14.5 Å². The number of nitrogens with zero attached hydrogens (tertiary/aromatic N) is 1. The summed E-state index contributed by atoms with van der Waals surface area (Å²) in [5.74, 6) is 1.64. The number of ether oxygens (including phenoxy) is 2. The lowest BCUT2D eigenvalue weighted by atomic mass is 9.94. The predicted octanol–water partition coefficient (Wildman–Crippen LogP) is 1.76. The first-order chi connectivity index (χ1) is 13.0. The molecule has 0 radical (unpaired) electrons. The van der Waals surface area contributed by atoms with Gasteiger partial charge in [0.05, 0.1) is 20.8 Å². The van der Waals surface area contributed by atoms with Gasteiger partial charge in [0.2, 0.25) is 17.1 Å². The minimum atomic E-state index is -0.205. The highest BCUT2D eigenvalue weighted by molar-refractivity contribution is 5.73. The van der Waals surface area contributed by atoms with Gasteiger partial charge in [-0.25, -0.2) is 0 Å². The molecule has 1 aromatic carbocycles. The number of methoxy groups -OCH3 is 2. The summed E-state index contributed by atoms with van der Waals surface area (Å²) in [5.41, 5.74) is 0.927. The molecule has 2 aromatic rings. The first kappa shape index (κ1) is 19.0. The Morgan fingerprint density at radius 3 is 2.56 bits per heavy atom. The van der Waals surface area contributed by atoms with E-state index in [1.54, 1.807) is 7.11 Å². The Hall–Kier alpha value is -2.80. The van der Waals surface area contributed by atoms with Gasteiger partial charge in [-0.15, -0.1) is 0 Å². The summed E-state index contributed by atoms with van der Waals surface area (Å²) in [6, 6.07) is 9.33. The number of hydrogen-bond acceptors (Lipinski definition) is 6. The number of carbonyl (C=O) groups is 1. The molecule has 1 aromatic heterocycles. The van der Waals surface area contributed by atoms with Gasteiger partial charge in [-0.05, 0) is 17.7 Å². The van der Waals surface area contributed by atoms with Gasteiger partial charge in [-0.1, -0.05) is 12.1 Å². The molecule has 7 nitrogen and oxygen atoms in total. The van der Waals surface area contributed by atoms with Crippen LogP contribution in [0.3, 0.4) is 0 Å². The molecule has 3 rings (SSSR count). The van der Waals surface area contributed by atoms with E-state index in [1.807, 2.05) is 24.3 Å². The SMILES string of the molecule is COc1ccc([C@@H]2CN(Cc3cc(=O)c(OC)co3)C[C@H]2NC(C)=O)cc1. The fourth-order valence-electron chi connectivity index (χ4n) is 3.50. The lowest BCUT2D eigenvalue weighted by molar-refractivity contribution is -0.119. The van der Waals surface area contributed by atoms with Crippen LogP contribution in [0.15, 0.2) is 45.8 Å². The van der Waals surface area contributed by atoms with Crippen molar-refractivity contribution in [1.29, 1.82) is 0 Å². The quantitative estimate of drug-likeness (QED) is 0.832. The maximum absolute atomic E-state index is 11.9.